The number of fused-ring (bicyclic) bond motifs is 1. The lowest BCUT2D eigenvalue weighted by molar-refractivity contribution is 0.0880. The average Bonchev–Trinajstić information content (AvgIpc) is 3.02. The monoisotopic (exact) mass is 418 g/mol. The topological polar surface area (TPSA) is 36.3 Å². The minimum absolute atomic E-state index is 0.00621. The summed E-state index contributed by atoms with van der Waals surface area (Å²) in [5.74, 6) is 0.264. The van der Waals surface area contributed by atoms with Crippen LogP contribution in [0.25, 0.3) is 11.0 Å². The standard InChI is InChI=1S/C22H28F2N2O2Si/c1-5-21-25-22-19(26(21)15-27-11-12-29(2,3)4)7-6-8-20(22)28-14-16-9-10-17(23)13-18(16)24/h6-10,13H,5,11-12,14-15H2,1-4H3. The fourth-order valence-corrected chi connectivity index (χ4v) is 3.78. The first kappa shape index (κ1) is 21.5. The smallest absolute Gasteiger partial charge is 0.147 e. The summed E-state index contributed by atoms with van der Waals surface area (Å²) in [7, 11) is -1.14. The summed E-state index contributed by atoms with van der Waals surface area (Å²) in [6.45, 7) is 10.2. The molecule has 0 atom stereocenters. The SMILES string of the molecule is CCc1nc2c(OCc3ccc(F)cc3F)cccc2n1COCC[Si](C)(C)C. The van der Waals surface area contributed by atoms with Crippen molar-refractivity contribution in [2.75, 3.05) is 6.61 Å². The summed E-state index contributed by atoms with van der Waals surface area (Å²) in [6.07, 6.45) is 0.762. The van der Waals surface area contributed by atoms with E-state index in [2.05, 4.69) is 24.2 Å². The summed E-state index contributed by atoms with van der Waals surface area (Å²) in [5, 5.41) is 0. The van der Waals surface area contributed by atoms with Gasteiger partial charge in [-0.1, -0.05) is 32.6 Å². The molecule has 0 spiro atoms. The minimum Gasteiger partial charge on any atom is -0.486 e. The van der Waals surface area contributed by atoms with E-state index in [-0.39, 0.29) is 6.61 Å². The molecule has 2 aromatic carbocycles. The van der Waals surface area contributed by atoms with Crippen LogP contribution < -0.4 is 4.74 Å². The van der Waals surface area contributed by atoms with Crippen LogP contribution >= 0.6 is 0 Å². The Labute approximate surface area is 171 Å². The fourth-order valence-electron chi connectivity index (χ4n) is 3.03. The minimum atomic E-state index is -1.14. The Morgan fingerprint density at radius 1 is 1.10 bits per heavy atom. The van der Waals surface area contributed by atoms with Crippen molar-refractivity contribution in [2.45, 2.75) is 52.4 Å². The van der Waals surface area contributed by atoms with Crippen LogP contribution in [0.5, 0.6) is 5.75 Å². The lowest BCUT2D eigenvalue weighted by Gasteiger charge is -2.16. The number of hydrogen-bond acceptors (Lipinski definition) is 3. The Morgan fingerprint density at radius 2 is 1.90 bits per heavy atom. The maximum absolute atomic E-state index is 13.9. The average molecular weight is 419 g/mol. The van der Waals surface area contributed by atoms with E-state index in [1.807, 2.05) is 25.1 Å². The van der Waals surface area contributed by atoms with Crippen molar-refractivity contribution >= 4 is 19.1 Å². The first-order chi connectivity index (χ1) is 13.8. The van der Waals surface area contributed by atoms with Crippen molar-refractivity contribution in [3.8, 4) is 5.75 Å². The highest BCUT2D eigenvalue weighted by Crippen LogP contribution is 2.27. The Balaban J connectivity index is 1.78. The highest BCUT2D eigenvalue weighted by atomic mass is 28.3. The van der Waals surface area contributed by atoms with Crippen molar-refractivity contribution < 1.29 is 18.3 Å². The van der Waals surface area contributed by atoms with E-state index in [1.165, 1.54) is 12.1 Å². The lowest BCUT2D eigenvalue weighted by Crippen LogP contribution is -2.22. The molecule has 4 nitrogen and oxygen atoms in total. The number of ether oxygens (including phenoxy) is 2. The predicted molar refractivity (Wildman–Crippen MR) is 114 cm³/mol. The van der Waals surface area contributed by atoms with E-state index in [1.54, 1.807) is 0 Å². The van der Waals surface area contributed by atoms with Gasteiger partial charge in [-0.25, -0.2) is 13.8 Å². The molecule has 1 heterocycles. The number of nitrogens with zero attached hydrogens (tertiary/aromatic N) is 2. The molecule has 0 fully saturated rings. The van der Waals surface area contributed by atoms with Gasteiger partial charge in [0.25, 0.3) is 0 Å². The third-order valence-corrected chi connectivity index (χ3v) is 6.46. The quantitative estimate of drug-likeness (QED) is 0.327. The zero-order valence-electron chi connectivity index (χ0n) is 17.5. The van der Waals surface area contributed by atoms with Gasteiger partial charge < -0.3 is 14.0 Å². The van der Waals surface area contributed by atoms with Crippen LogP contribution in [0.15, 0.2) is 36.4 Å². The number of halogens is 2. The number of aryl methyl sites for hydroxylation is 1. The van der Waals surface area contributed by atoms with Crippen molar-refractivity contribution in [1.29, 1.82) is 0 Å². The van der Waals surface area contributed by atoms with Crippen molar-refractivity contribution in [1.82, 2.24) is 9.55 Å². The van der Waals surface area contributed by atoms with Crippen LogP contribution in [0, 0.1) is 11.6 Å². The number of rotatable bonds is 9. The number of para-hydroxylation sites is 1. The van der Waals surface area contributed by atoms with Gasteiger partial charge in [0.1, 0.15) is 42.1 Å². The van der Waals surface area contributed by atoms with Gasteiger partial charge in [0, 0.05) is 32.7 Å². The molecule has 0 N–H and O–H groups in total. The molecule has 0 aliphatic carbocycles. The molecule has 0 saturated heterocycles. The molecule has 3 aromatic rings. The molecule has 156 valence electrons. The molecule has 7 heteroatoms. The van der Waals surface area contributed by atoms with Crippen molar-refractivity contribution in [3.05, 3.63) is 59.4 Å². The van der Waals surface area contributed by atoms with E-state index in [9.17, 15) is 8.78 Å². The Kier molecular flexibility index (Phi) is 6.69. The van der Waals surface area contributed by atoms with Crippen LogP contribution in [0.2, 0.25) is 25.7 Å². The van der Waals surface area contributed by atoms with E-state index in [0.29, 0.717) is 18.0 Å². The Morgan fingerprint density at radius 3 is 2.59 bits per heavy atom. The van der Waals surface area contributed by atoms with Crippen molar-refractivity contribution in [2.24, 2.45) is 0 Å². The van der Waals surface area contributed by atoms with Gasteiger partial charge in [0.15, 0.2) is 0 Å². The summed E-state index contributed by atoms with van der Waals surface area (Å²) in [4.78, 5) is 4.72. The van der Waals surface area contributed by atoms with Crippen LogP contribution in [0.4, 0.5) is 8.78 Å². The summed E-state index contributed by atoms with van der Waals surface area (Å²) >= 11 is 0. The molecule has 1 aromatic heterocycles. The Bertz CT molecular complexity index is 983. The molecule has 0 saturated carbocycles. The zero-order valence-corrected chi connectivity index (χ0v) is 18.5. The van der Waals surface area contributed by atoms with Gasteiger partial charge in [-0.2, -0.15) is 0 Å². The number of imidazole rings is 1. The second-order valence-electron chi connectivity index (χ2n) is 8.31. The molecule has 29 heavy (non-hydrogen) atoms. The first-order valence-corrected chi connectivity index (χ1v) is 13.6. The number of benzene rings is 2. The van der Waals surface area contributed by atoms with Gasteiger partial charge in [0.05, 0.1) is 5.52 Å². The third kappa shape index (κ3) is 5.42. The number of hydrogen-bond donors (Lipinski definition) is 0. The zero-order chi connectivity index (χ0) is 21.0. The summed E-state index contributed by atoms with van der Waals surface area (Å²) in [5.41, 5.74) is 1.95. The lowest BCUT2D eigenvalue weighted by atomic mass is 10.2. The Hall–Kier alpha value is -2.25. The normalized spacial score (nSPS) is 11.9. The van der Waals surface area contributed by atoms with E-state index >= 15 is 0 Å². The molecule has 0 aliphatic rings. The van der Waals surface area contributed by atoms with Gasteiger partial charge in [-0.15, -0.1) is 0 Å². The van der Waals surface area contributed by atoms with Gasteiger partial charge in [0.2, 0.25) is 0 Å². The summed E-state index contributed by atoms with van der Waals surface area (Å²) in [6, 6.07) is 10.3. The van der Waals surface area contributed by atoms with Crippen LogP contribution in [-0.2, 0) is 24.5 Å². The maximum atomic E-state index is 13.9. The molecule has 0 unspecified atom stereocenters. The van der Waals surface area contributed by atoms with E-state index < -0.39 is 19.7 Å². The van der Waals surface area contributed by atoms with Crippen LogP contribution in [0.1, 0.15) is 18.3 Å². The van der Waals surface area contributed by atoms with E-state index in [4.69, 9.17) is 14.5 Å². The molecular formula is C22H28F2N2O2Si. The largest absolute Gasteiger partial charge is 0.486 e. The van der Waals surface area contributed by atoms with E-state index in [0.717, 1.165) is 42.0 Å². The van der Waals surface area contributed by atoms with Crippen LogP contribution in [-0.4, -0.2) is 24.2 Å². The first-order valence-electron chi connectivity index (χ1n) is 9.91. The second-order valence-corrected chi connectivity index (χ2v) is 13.9. The van der Waals surface area contributed by atoms with Crippen molar-refractivity contribution in [3.63, 3.8) is 0 Å². The highest BCUT2D eigenvalue weighted by Gasteiger charge is 2.16. The number of aromatic nitrogens is 2. The molecule has 3 rings (SSSR count). The van der Waals surface area contributed by atoms with Gasteiger partial charge in [-0.3, -0.25) is 0 Å². The van der Waals surface area contributed by atoms with Crippen LogP contribution in [0.3, 0.4) is 0 Å². The van der Waals surface area contributed by atoms with Gasteiger partial charge in [-0.05, 0) is 30.3 Å². The molecule has 0 aliphatic heterocycles. The predicted octanol–water partition coefficient (Wildman–Crippen LogP) is 5.77. The summed E-state index contributed by atoms with van der Waals surface area (Å²) < 4.78 is 40.8. The maximum Gasteiger partial charge on any atom is 0.147 e. The second kappa shape index (κ2) is 9.05. The third-order valence-electron chi connectivity index (χ3n) is 4.75. The molecular weight excluding hydrogens is 390 g/mol. The molecule has 0 bridgehead atoms. The van der Waals surface area contributed by atoms with Gasteiger partial charge >= 0.3 is 0 Å². The highest BCUT2D eigenvalue weighted by molar-refractivity contribution is 6.76. The fraction of sp³-hybridized carbons (Fsp3) is 0.409. The molecule has 0 amide bonds. The molecule has 0 radical (unpaired) electrons.